The second-order valence-electron chi connectivity index (χ2n) is 6.91. The van der Waals surface area contributed by atoms with E-state index in [1.165, 1.54) is 5.56 Å². The Kier molecular flexibility index (Phi) is 5.14. The molecule has 1 amide bonds. The molecule has 1 N–H and O–H groups in total. The number of ether oxygens (including phenoxy) is 1. The fourth-order valence-corrected chi connectivity index (χ4v) is 4.30. The number of amides is 1. The van der Waals surface area contributed by atoms with Crippen LogP contribution in [0.15, 0.2) is 29.4 Å². The van der Waals surface area contributed by atoms with E-state index in [0.717, 1.165) is 57.9 Å². The molecule has 1 saturated heterocycles. The number of nitrogens with one attached hydrogen (secondary N) is 1. The minimum atomic E-state index is -0.204. The highest BCUT2D eigenvalue weighted by Crippen LogP contribution is 2.23. The van der Waals surface area contributed by atoms with Gasteiger partial charge in [-0.3, -0.25) is 9.69 Å². The summed E-state index contributed by atoms with van der Waals surface area (Å²) in [6.07, 6.45) is 5.73. The number of hydrogen-bond acceptors (Lipinski definition) is 5. The number of fused-ring (bicyclic) bond motifs is 1. The third kappa shape index (κ3) is 3.94. The van der Waals surface area contributed by atoms with Crippen molar-refractivity contribution in [3.8, 4) is 0 Å². The molecule has 6 nitrogen and oxygen atoms in total. The maximum Gasteiger partial charge on any atom is 0.244 e. The largest absolute Gasteiger partial charge is 0.381 e. The lowest BCUT2D eigenvalue weighted by atomic mass is 10.0. The first kappa shape index (κ1) is 16.8. The molecule has 2 aliphatic heterocycles. The maximum atomic E-state index is 12.8. The van der Waals surface area contributed by atoms with Crippen LogP contribution in [0.2, 0.25) is 0 Å². The van der Waals surface area contributed by atoms with Gasteiger partial charge in [0.1, 0.15) is 6.04 Å². The summed E-state index contributed by atoms with van der Waals surface area (Å²) >= 11 is 1.71. The summed E-state index contributed by atoms with van der Waals surface area (Å²) in [4.78, 5) is 19.4. The Morgan fingerprint density at radius 2 is 2.28 bits per heavy atom. The van der Waals surface area contributed by atoms with E-state index >= 15 is 0 Å². The van der Waals surface area contributed by atoms with Crippen LogP contribution in [-0.2, 0) is 22.6 Å². The van der Waals surface area contributed by atoms with Gasteiger partial charge in [-0.15, -0.1) is 0 Å². The predicted molar refractivity (Wildman–Crippen MR) is 96.2 cm³/mol. The summed E-state index contributed by atoms with van der Waals surface area (Å²) in [5, 5.41) is 7.44. The normalized spacial score (nSPS) is 21.8. The Morgan fingerprint density at radius 3 is 3.08 bits per heavy atom. The summed E-state index contributed by atoms with van der Waals surface area (Å²) in [7, 11) is 0. The van der Waals surface area contributed by atoms with Crippen LogP contribution in [-0.4, -0.2) is 46.7 Å². The number of imidazole rings is 1. The van der Waals surface area contributed by atoms with Crippen LogP contribution in [0.4, 0.5) is 0 Å². The maximum absolute atomic E-state index is 12.8. The average Bonchev–Trinajstić information content (AvgIpc) is 3.31. The molecule has 134 valence electrons. The Balaban J connectivity index is 1.41. The fraction of sp³-hybridized carbons (Fsp3) is 0.556. The van der Waals surface area contributed by atoms with Crippen LogP contribution in [0.3, 0.4) is 0 Å². The van der Waals surface area contributed by atoms with Crippen LogP contribution >= 0.6 is 11.3 Å². The van der Waals surface area contributed by atoms with Gasteiger partial charge in [0.25, 0.3) is 0 Å². The molecule has 2 aromatic heterocycles. The quantitative estimate of drug-likeness (QED) is 0.887. The van der Waals surface area contributed by atoms with Crippen LogP contribution in [0.1, 0.15) is 30.1 Å². The highest BCUT2D eigenvalue weighted by atomic mass is 32.1. The van der Waals surface area contributed by atoms with Crippen molar-refractivity contribution in [2.45, 2.75) is 32.0 Å². The topological polar surface area (TPSA) is 59.4 Å². The second-order valence-corrected chi connectivity index (χ2v) is 7.69. The third-order valence-corrected chi connectivity index (χ3v) is 5.83. The third-order valence-electron chi connectivity index (χ3n) is 5.09. The Labute approximate surface area is 151 Å². The molecule has 0 saturated carbocycles. The minimum Gasteiger partial charge on any atom is -0.381 e. The van der Waals surface area contributed by atoms with Crippen molar-refractivity contribution >= 4 is 17.2 Å². The molecule has 2 aliphatic rings. The van der Waals surface area contributed by atoms with Crippen LogP contribution in [0.5, 0.6) is 0 Å². The molecule has 4 heterocycles. The van der Waals surface area contributed by atoms with Gasteiger partial charge in [0.15, 0.2) is 0 Å². The summed E-state index contributed by atoms with van der Waals surface area (Å²) in [6.45, 7) is 4.79. The van der Waals surface area contributed by atoms with Crippen molar-refractivity contribution in [3.05, 3.63) is 40.6 Å². The summed E-state index contributed by atoms with van der Waals surface area (Å²) in [5.74, 6) is 0.631. The van der Waals surface area contributed by atoms with Crippen molar-refractivity contribution in [1.29, 1.82) is 0 Å². The van der Waals surface area contributed by atoms with Gasteiger partial charge < -0.3 is 14.6 Å². The van der Waals surface area contributed by atoms with Gasteiger partial charge >= 0.3 is 0 Å². The highest BCUT2D eigenvalue weighted by molar-refractivity contribution is 7.07. The predicted octanol–water partition coefficient (Wildman–Crippen LogP) is 2.04. The van der Waals surface area contributed by atoms with Crippen molar-refractivity contribution in [2.24, 2.45) is 5.92 Å². The minimum absolute atomic E-state index is 0.0979. The van der Waals surface area contributed by atoms with E-state index < -0.39 is 0 Å². The lowest BCUT2D eigenvalue weighted by Crippen LogP contribution is -2.45. The van der Waals surface area contributed by atoms with Crippen molar-refractivity contribution < 1.29 is 9.53 Å². The second kappa shape index (κ2) is 7.68. The van der Waals surface area contributed by atoms with Gasteiger partial charge in [0.2, 0.25) is 5.91 Å². The molecule has 0 bridgehead atoms. The van der Waals surface area contributed by atoms with Gasteiger partial charge in [0, 0.05) is 45.6 Å². The number of rotatable bonds is 5. The molecule has 4 rings (SSSR count). The first-order chi connectivity index (χ1) is 12.3. The Hall–Kier alpha value is -1.70. The van der Waals surface area contributed by atoms with E-state index in [4.69, 9.17) is 4.74 Å². The molecular formula is C18H24N4O2S. The van der Waals surface area contributed by atoms with Gasteiger partial charge in [-0.05, 0) is 41.1 Å². The lowest BCUT2D eigenvalue weighted by molar-refractivity contribution is -0.126. The first-order valence-corrected chi connectivity index (χ1v) is 9.83. The zero-order valence-corrected chi connectivity index (χ0v) is 15.1. The number of aromatic nitrogens is 2. The zero-order valence-electron chi connectivity index (χ0n) is 14.3. The SMILES string of the molecule is O=C(NCC1CCOCC1)[C@@H]1CN(Cc2ccsc2)Cc2cncn21. The molecule has 2 aromatic rings. The van der Waals surface area contributed by atoms with Crippen LogP contribution < -0.4 is 5.32 Å². The van der Waals surface area contributed by atoms with Crippen molar-refractivity contribution in [2.75, 3.05) is 26.3 Å². The van der Waals surface area contributed by atoms with Crippen molar-refractivity contribution in [1.82, 2.24) is 19.8 Å². The number of carbonyl (C=O) groups excluding carboxylic acids is 1. The standard InChI is InChI=1S/C18H24N4O2S/c23-18(20-7-14-1-4-24-5-2-14)17-11-21(9-15-3-6-25-12-15)10-16-8-19-13-22(16)17/h3,6,8,12-14,17H,1-2,4-5,7,9-11H2,(H,20,23)/t17-/m0/s1. The first-order valence-electron chi connectivity index (χ1n) is 8.89. The molecule has 0 radical (unpaired) electrons. The van der Waals surface area contributed by atoms with Crippen LogP contribution in [0.25, 0.3) is 0 Å². The smallest absolute Gasteiger partial charge is 0.244 e. The van der Waals surface area contributed by atoms with Crippen LogP contribution in [0, 0.1) is 5.92 Å². The number of thiophene rings is 1. The molecule has 0 aliphatic carbocycles. The van der Waals surface area contributed by atoms with Gasteiger partial charge in [-0.1, -0.05) is 0 Å². The number of nitrogens with zero attached hydrogens (tertiary/aromatic N) is 3. The zero-order chi connectivity index (χ0) is 17.1. The number of carbonyl (C=O) groups is 1. The molecule has 7 heteroatoms. The molecular weight excluding hydrogens is 336 g/mol. The van der Waals surface area contributed by atoms with E-state index in [2.05, 4.69) is 32.0 Å². The number of hydrogen-bond donors (Lipinski definition) is 1. The van der Waals surface area contributed by atoms with Gasteiger partial charge in [-0.2, -0.15) is 11.3 Å². The highest BCUT2D eigenvalue weighted by Gasteiger charge is 2.30. The van der Waals surface area contributed by atoms with E-state index in [1.54, 1.807) is 17.7 Å². The van der Waals surface area contributed by atoms with Gasteiger partial charge in [0.05, 0.1) is 12.0 Å². The Morgan fingerprint density at radius 1 is 1.40 bits per heavy atom. The molecule has 1 atom stereocenters. The van der Waals surface area contributed by atoms with Gasteiger partial charge in [-0.25, -0.2) is 4.98 Å². The summed E-state index contributed by atoms with van der Waals surface area (Å²) < 4.78 is 7.42. The molecule has 25 heavy (non-hydrogen) atoms. The van der Waals surface area contributed by atoms with E-state index in [1.807, 2.05) is 10.8 Å². The monoisotopic (exact) mass is 360 g/mol. The molecule has 0 spiro atoms. The average molecular weight is 360 g/mol. The van der Waals surface area contributed by atoms with Crippen molar-refractivity contribution in [3.63, 3.8) is 0 Å². The fourth-order valence-electron chi connectivity index (χ4n) is 3.65. The summed E-state index contributed by atoms with van der Waals surface area (Å²) in [6, 6.07) is 1.95. The summed E-state index contributed by atoms with van der Waals surface area (Å²) in [5.41, 5.74) is 2.41. The van der Waals surface area contributed by atoms with E-state index in [0.29, 0.717) is 5.92 Å². The molecule has 0 aromatic carbocycles. The van der Waals surface area contributed by atoms with E-state index in [9.17, 15) is 4.79 Å². The molecule has 0 unspecified atom stereocenters. The Bertz CT molecular complexity index is 694. The lowest BCUT2D eigenvalue weighted by Gasteiger charge is -2.34. The molecule has 1 fully saturated rings. The van der Waals surface area contributed by atoms with E-state index in [-0.39, 0.29) is 11.9 Å².